The minimum atomic E-state index is 0.151. The molecule has 0 aliphatic rings. The molecule has 4 nitrogen and oxygen atoms in total. The Morgan fingerprint density at radius 1 is 1.32 bits per heavy atom. The summed E-state index contributed by atoms with van der Waals surface area (Å²) in [6, 6.07) is 8.27. The van der Waals surface area contributed by atoms with E-state index in [0.717, 1.165) is 6.42 Å². The highest BCUT2D eigenvalue weighted by molar-refractivity contribution is 5.84. The number of hydrogen-bond acceptors (Lipinski definition) is 2. The van der Waals surface area contributed by atoms with Crippen molar-refractivity contribution in [2.24, 2.45) is 5.73 Å². The molecule has 0 unspecified atom stereocenters. The molecular weight excluding hydrogens is 238 g/mol. The maximum atomic E-state index is 11.7. The molecule has 102 valence electrons. The Labute approximate surface area is 113 Å². The van der Waals surface area contributed by atoms with Crippen LogP contribution in [-0.4, -0.2) is 36.0 Å². The molecular formula is C15H21N3O. The Hall–Kier alpha value is -1.81. The second-order valence-electron chi connectivity index (χ2n) is 4.94. The van der Waals surface area contributed by atoms with Gasteiger partial charge in [0.25, 0.3) is 0 Å². The van der Waals surface area contributed by atoms with Crippen molar-refractivity contribution in [3.05, 3.63) is 36.0 Å². The standard InChI is InChI=1S/C15H21N3O/c1-17(2)15(19)8-10-18-11-12(7-9-16)13-5-3-4-6-14(13)18/h3-6,11H,7-10,16H2,1-2H3. The fourth-order valence-electron chi connectivity index (χ4n) is 2.30. The zero-order valence-corrected chi connectivity index (χ0v) is 11.6. The van der Waals surface area contributed by atoms with Crippen LogP contribution in [0.3, 0.4) is 0 Å². The molecule has 1 aromatic heterocycles. The van der Waals surface area contributed by atoms with Gasteiger partial charge < -0.3 is 15.2 Å². The van der Waals surface area contributed by atoms with Gasteiger partial charge in [0.2, 0.25) is 5.91 Å². The van der Waals surface area contributed by atoms with Gasteiger partial charge in [0, 0.05) is 44.2 Å². The van der Waals surface area contributed by atoms with Crippen molar-refractivity contribution >= 4 is 16.8 Å². The lowest BCUT2D eigenvalue weighted by atomic mass is 10.1. The largest absolute Gasteiger partial charge is 0.349 e. The summed E-state index contributed by atoms with van der Waals surface area (Å²) in [5.74, 6) is 0.151. The number of aryl methyl sites for hydroxylation is 1. The van der Waals surface area contributed by atoms with Crippen molar-refractivity contribution in [1.29, 1.82) is 0 Å². The van der Waals surface area contributed by atoms with Crippen LogP contribution >= 0.6 is 0 Å². The van der Waals surface area contributed by atoms with Crippen LogP contribution in [0.15, 0.2) is 30.5 Å². The van der Waals surface area contributed by atoms with E-state index in [1.807, 2.05) is 12.1 Å². The smallest absolute Gasteiger partial charge is 0.223 e. The van der Waals surface area contributed by atoms with Crippen molar-refractivity contribution in [2.75, 3.05) is 20.6 Å². The van der Waals surface area contributed by atoms with Crippen molar-refractivity contribution in [3.8, 4) is 0 Å². The molecule has 0 bridgehead atoms. The van der Waals surface area contributed by atoms with Crippen LogP contribution in [0.5, 0.6) is 0 Å². The molecule has 19 heavy (non-hydrogen) atoms. The average molecular weight is 259 g/mol. The van der Waals surface area contributed by atoms with E-state index in [1.54, 1.807) is 19.0 Å². The van der Waals surface area contributed by atoms with E-state index in [2.05, 4.69) is 22.9 Å². The maximum Gasteiger partial charge on any atom is 0.223 e. The predicted molar refractivity (Wildman–Crippen MR) is 78.0 cm³/mol. The normalized spacial score (nSPS) is 10.9. The number of rotatable bonds is 5. The van der Waals surface area contributed by atoms with E-state index in [4.69, 9.17) is 5.73 Å². The summed E-state index contributed by atoms with van der Waals surface area (Å²) in [4.78, 5) is 13.3. The predicted octanol–water partition coefficient (Wildman–Crippen LogP) is 1.62. The molecule has 1 aromatic carbocycles. The lowest BCUT2D eigenvalue weighted by Gasteiger charge is -2.10. The quantitative estimate of drug-likeness (QED) is 0.887. The number of amides is 1. The maximum absolute atomic E-state index is 11.7. The summed E-state index contributed by atoms with van der Waals surface area (Å²) in [5.41, 5.74) is 8.09. The SMILES string of the molecule is CN(C)C(=O)CCn1cc(CCN)c2ccccc21. The van der Waals surface area contributed by atoms with E-state index < -0.39 is 0 Å². The zero-order chi connectivity index (χ0) is 13.8. The molecule has 0 atom stereocenters. The molecule has 2 N–H and O–H groups in total. The van der Waals surface area contributed by atoms with Gasteiger partial charge in [-0.1, -0.05) is 18.2 Å². The summed E-state index contributed by atoms with van der Waals surface area (Å²) in [6.45, 7) is 1.35. The third-order valence-electron chi connectivity index (χ3n) is 3.35. The van der Waals surface area contributed by atoms with Crippen molar-refractivity contribution in [1.82, 2.24) is 9.47 Å². The third kappa shape index (κ3) is 2.96. The Balaban J connectivity index is 2.25. The molecule has 2 rings (SSSR count). The van der Waals surface area contributed by atoms with Gasteiger partial charge in [0.1, 0.15) is 0 Å². The molecule has 0 radical (unpaired) electrons. The van der Waals surface area contributed by atoms with Gasteiger partial charge in [-0.25, -0.2) is 0 Å². The van der Waals surface area contributed by atoms with Gasteiger partial charge in [-0.3, -0.25) is 4.79 Å². The van der Waals surface area contributed by atoms with Gasteiger partial charge in [-0.2, -0.15) is 0 Å². The molecule has 1 heterocycles. The Bertz CT molecular complexity index is 572. The number of carbonyl (C=O) groups is 1. The third-order valence-corrected chi connectivity index (χ3v) is 3.35. The lowest BCUT2D eigenvalue weighted by Crippen LogP contribution is -2.22. The molecule has 0 aliphatic carbocycles. The lowest BCUT2D eigenvalue weighted by molar-refractivity contribution is -0.128. The number of benzene rings is 1. The van der Waals surface area contributed by atoms with Crippen LogP contribution in [0.2, 0.25) is 0 Å². The van der Waals surface area contributed by atoms with Gasteiger partial charge >= 0.3 is 0 Å². The highest BCUT2D eigenvalue weighted by Crippen LogP contribution is 2.21. The number of nitrogens with zero attached hydrogens (tertiary/aromatic N) is 2. The van der Waals surface area contributed by atoms with Crippen LogP contribution in [-0.2, 0) is 17.8 Å². The second-order valence-corrected chi connectivity index (χ2v) is 4.94. The van der Waals surface area contributed by atoms with Crippen LogP contribution < -0.4 is 5.73 Å². The summed E-state index contributed by atoms with van der Waals surface area (Å²) >= 11 is 0. The summed E-state index contributed by atoms with van der Waals surface area (Å²) in [6.07, 6.45) is 3.52. The molecule has 0 saturated carbocycles. The number of para-hydroxylation sites is 1. The molecule has 0 fully saturated rings. The topological polar surface area (TPSA) is 51.3 Å². The van der Waals surface area contributed by atoms with Crippen LogP contribution in [0.25, 0.3) is 10.9 Å². The minimum Gasteiger partial charge on any atom is -0.349 e. The van der Waals surface area contributed by atoms with Crippen LogP contribution in [0.1, 0.15) is 12.0 Å². The molecule has 0 spiro atoms. The molecule has 4 heteroatoms. The highest BCUT2D eigenvalue weighted by atomic mass is 16.2. The minimum absolute atomic E-state index is 0.151. The molecule has 2 aromatic rings. The first kappa shape index (κ1) is 13.6. The Kier molecular flexibility index (Phi) is 4.22. The number of aromatic nitrogens is 1. The fraction of sp³-hybridized carbons (Fsp3) is 0.400. The highest BCUT2D eigenvalue weighted by Gasteiger charge is 2.09. The number of hydrogen-bond donors (Lipinski definition) is 1. The van der Waals surface area contributed by atoms with Crippen LogP contribution in [0.4, 0.5) is 0 Å². The van der Waals surface area contributed by atoms with Gasteiger partial charge in [0.05, 0.1) is 0 Å². The number of fused-ring (bicyclic) bond motifs is 1. The summed E-state index contributed by atoms with van der Waals surface area (Å²) < 4.78 is 2.15. The fourth-order valence-corrected chi connectivity index (χ4v) is 2.30. The van der Waals surface area contributed by atoms with Gasteiger partial charge in [0.15, 0.2) is 0 Å². The van der Waals surface area contributed by atoms with Crippen molar-refractivity contribution in [2.45, 2.75) is 19.4 Å². The van der Waals surface area contributed by atoms with E-state index in [9.17, 15) is 4.79 Å². The van der Waals surface area contributed by atoms with E-state index >= 15 is 0 Å². The number of carbonyl (C=O) groups excluding carboxylic acids is 1. The first-order valence-corrected chi connectivity index (χ1v) is 6.60. The second kappa shape index (κ2) is 5.89. The van der Waals surface area contributed by atoms with Gasteiger partial charge in [-0.15, -0.1) is 0 Å². The van der Waals surface area contributed by atoms with Crippen LogP contribution in [0, 0.1) is 0 Å². The van der Waals surface area contributed by atoms with E-state index in [1.165, 1.54) is 16.5 Å². The molecule has 1 amide bonds. The van der Waals surface area contributed by atoms with Crippen molar-refractivity contribution < 1.29 is 4.79 Å². The zero-order valence-electron chi connectivity index (χ0n) is 11.6. The van der Waals surface area contributed by atoms with E-state index in [-0.39, 0.29) is 5.91 Å². The summed E-state index contributed by atoms with van der Waals surface area (Å²) in [7, 11) is 3.58. The van der Waals surface area contributed by atoms with Crippen molar-refractivity contribution in [3.63, 3.8) is 0 Å². The van der Waals surface area contributed by atoms with Gasteiger partial charge in [-0.05, 0) is 24.6 Å². The average Bonchev–Trinajstić information content (AvgIpc) is 2.75. The van der Waals surface area contributed by atoms with E-state index in [0.29, 0.717) is 19.5 Å². The Morgan fingerprint density at radius 2 is 2.05 bits per heavy atom. The first-order valence-electron chi connectivity index (χ1n) is 6.60. The monoisotopic (exact) mass is 259 g/mol. The molecule has 0 aliphatic heterocycles. The number of nitrogens with two attached hydrogens (primary N) is 1. The first-order chi connectivity index (χ1) is 9.13. The molecule has 0 saturated heterocycles. The Morgan fingerprint density at radius 3 is 2.74 bits per heavy atom. The summed E-state index contributed by atoms with van der Waals surface area (Å²) in [5, 5.41) is 1.24.